The van der Waals surface area contributed by atoms with Crippen LogP contribution in [-0.2, 0) is 22.7 Å². The molecule has 4 amide bonds. The van der Waals surface area contributed by atoms with Gasteiger partial charge in [0.1, 0.15) is 12.2 Å². The lowest BCUT2D eigenvalue weighted by Crippen LogP contribution is -2.53. The summed E-state index contributed by atoms with van der Waals surface area (Å²) in [7, 11) is 0. The standard InChI is InChI=1S/C30H27Cl3N2O6/c1-3-11-40-25-10-7-19(15-26(25)39-4-2)16-35-29(37)22(28(36)34-30(35)38)12-20-13-23(32)27(24(33)14-20)41-17-18-5-8-21(31)9-6-18/h5-10,12-15H,3-4,11,16-17H2,1-2H3,(H,34,36,38)/b22-12+. The second-order valence-electron chi connectivity index (χ2n) is 9.00. The van der Waals surface area contributed by atoms with Crippen molar-refractivity contribution in [2.24, 2.45) is 0 Å². The Balaban J connectivity index is 1.54. The van der Waals surface area contributed by atoms with Gasteiger partial charge in [-0.05, 0) is 72.5 Å². The molecule has 11 heteroatoms. The smallest absolute Gasteiger partial charge is 0.331 e. The number of nitrogens with one attached hydrogen (secondary N) is 1. The molecule has 1 aliphatic heterocycles. The first kappa shape index (κ1) is 30.2. The fourth-order valence-corrected chi connectivity index (χ4v) is 4.71. The number of benzene rings is 3. The molecule has 3 aromatic rings. The third kappa shape index (κ3) is 7.52. The summed E-state index contributed by atoms with van der Waals surface area (Å²) in [5.74, 6) is -0.281. The van der Waals surface area contributed by atoms with Crippen LogP contribution in [0, 0.1) is 0 Å². The quantitative estimate of drug-likeness (QED) is 0.183. The van der Waals surface area contributed by atoms with E-state index >= 15 is 0 Å². The fraction of sp³-hybridized carbons (Fsp3) is 0.233. The SMILES string of the molecule is CCCOc1ccc(CN2C(=O)NC(=O)/C(=C\c3cc(Cl)c(OCc4ccc(Cl)cc4)c(Cl)c3)C2=O)cc1OCC. The number of ether oxygens (including phenoxy) is 3. The van der Waals surface area contributed by atoms with E-state index in [4.69, 9.17) is 49.0 Å². The van der Waals surface area contributed by atoms with Gasteiger partial charge in [0.2, 0.25) is 0 Å². The van der Waals surface area contributed by atoms with Crippen LogP contribution < -0.4 is 19.5 Å². The van der Waals surface area contributed by atoms with Crippen molar-refractivity contribution in [1.82, 2.24) is 10.2 Å². The third-order valence-electron chi connectivity index (χ3n) is 5.92. The van der Waals surface area contributed by atoms with Crippen LogP contribution in [0.4, 0.5) is 4.79 Å². The molecule has 1 aliphatic rings. The second-order valence-corrected chi connectivity index (χ2v) is 10.3. The minimum Gasteiger partial charge on any atom is -0.490 e. The monoisotopic (exact) mass is 616 g/mol. The molecule has 41 heavy (non-hydrogen) atoms. The van der Waals surface area contributed by atoms with Crippen molar-refractivity contribution in [3.8, 4) is 17.2 Å². The van der Waals surface area contributed by atoms with Crippen LogP contribution in [-0.4, -0.2) is 36.0 Å². The molecule has 0 bridgehead atoms. The van der Waals surface area contributed by atoms with E-state index in [1.807, 2.05) is 26.0 Å². The average Bonchev–Trinajstić information content (AvgIpc) is 2.93. The summed E-state index contributed by atoms with van der Waals surface area (Å²) in [4.78, 5) is 39.5. The van der Waals surface area contributed by atoms with Gasteiger partial charge in [0, 0.05) is 5.02 Å². The van der Waals surface area contributed by atoms with E-state index in [2.05, 4.69) is 5.32 Å². The first-order valence-corrected chi connectivity index (χ1v) is 14.0. The first-order valence-electron chi connectivity index (χ1n) is 12.8. The molecular weight excluding hydrogens is 591 g/mol. The van der Waals surface area contributed by atoms with Crippen molar-refractivity contribution in [1.29, 1.82) is 0 Å². The van der Waals surface area contributed by atoms with Crippen molar-refractivity contribution < 1.29 is 28.6 Å². The van der Waals surface area contributed by atoms with Gasteiger partial charge in [0.25, 0.3) is 11.8 Å². The lowest BCUT2D eigenvalue weighted by Gasteiger charge is -2.26. The molecule has 0 unspecified atom stereocenters. The number of amides is 4. The maximum absolute atomic E-state index is 13.3. The molecule has 1 fully saturated rings. The molecule has 0 aliphatic carbocycles. The van der Waals surface area contributed by atoms with Crippen LogP contribution in [0.3, 0.4) is 0 Å². The van der Waals surface area contributed by atoms with Crippen LogP contribution in [0.5, 0.6) is 17.2 Å². The predicted octanol–water partition coefficient (Wildman–Crippen LogP) is 7.08. The van der Waals surface area contributed by atoms with Crippen LogP contribution >= 0.6 is 34.8 Å². The van der Waals surface area contributed by atoms with E-state index in [1.54, 1.807) is 30.3 Å². The number of barbiturate groups is 1. The lowest BCUT2D eigenvalue weighted by atomic mass is 10.1. The summed E-state index contributed by atoms with van der Waals surface area (Å²) in [6.07, 6.45) is 2.15. The summed E-state index contributed by atoms with van der Waals surface area (Å²) in [5, 5.41) is 3.19. The van der Waals surface area contributed by atoms with E-state index in [-0.39, 0.29) is 34.5 Å². The van der Waals surface area contributed by atoms with E-state index < -0.39 is 17.8 Å². The van der Waals surface area contributed by atoms with Crippen LogP contribution in [0.15, 0.2) is 60.2 Å². The van der Waals surface area contributed by atoms with Gasteiger partial charge in [-0.1, -0.05) is 59.9 Å². The lowest BCUT2D eigenvalue weighted by molar-refractivity contribution is -0.130. The van der Waals surface area contributed by atoms with Gasteiger partial charge >= 0.3 is 6.03 Å². The van der Waals surface area contributed by atoms with Crippen molar-refractivity contribution >= 4 is 58.7 Å². The Kier molecular flexibility index (Phi) is 10.2. The summed E-state index contributed by atoms with van der Waals surface area (Å²) in [5.41, 5.74) is 1.60. The van der Waals surface area contributed by atoms with Gasteiger partial charge in [0.15, 0.2) is 17.2 Å². The number of halogens is 3. The van der Waals surface area contributed by atoms with Gasteiger partial charge in [0.05, 0.1) is 29.8 Å². The third-order valence-corrected chi connectivity index (χ3v) is 6.74. The van der Waals surface area contributed by atoms with E-state index in [0.29, 0.717) is 40.9 Å². The van der Waals surface area contributed by atoms with Crippen LogP contribution in [0.25, 0.3) is 6.08 Å². The van der Waals surface area contributed by atoms with Gasteiger partial charge < -0.3 is 14.2 Å². The first-order chi connectivity index (χ1) is 19.7. The molecule has 0 radical (unpaired) electrons. The zero-order valence-corrected chi connectivity index (χ0v) is 24.6. The van der Waals surface area contributed by atoms with Gasteiger partial charge in [-0.15, -0.1) is 0 Å². The average molecular weight is 618 g/mol. The topological polar surface area (TPSA) is 94.2 Å². The van der Waals surface area contributed by atoms with Gasteiger partial charge in [-0.3, -0.25) is 19.8 Å². The highest BCUT2D eigenvalue weighted by atomic mass is 35.5. The van der Waals surface area contributed by atoms with E-state index in [1.165, 1.54) is 18.2 Å². The van der Waals surface area contributed by atoms with Gasteiger partial charge in [-0.2, -0.15) is 0 Å². The summed E-state index contributed by atoms with van der Waals surface area (Å²) >= 11 is 18.8. The molecule has 0 atom stereocenters. The molecule has 1 saturated heterocycles. The minimum absolute atomic E-state index is 0.0948. The number of urea groups is 1. The van der Waals surface area contributed by atoms with Crippen molar-refractivity contribution in [3.05, 3.63) is 91.9 Å². The summed E-state index contributed by atoms with van der Waals surface area (Å²) in [6.45, 7) is 4.87. The van der Waals surface area contributed by atoms with Gasteiger partial charge in [-0.25, -0.2) is 4.79 Å². The number of nitrogens with zero attached hydrogens (tertiary/aromatic N) is 1. The molecule has 8 nitrogen and oxygen atoms in total. The highest BCUT2D eigenvalue weighted by molar-refractivity contribution is 6.37. The van der Waals surface area contributed by atoms with Crippen molar-refractivity contribution in [2.75, 3.05) is 13.2 Å². The van der Waals surface area contributed by atoms with E-state index in [0.717, 1.165) is 16.9 Å². The Morgan fingerprint density at radius 3 is 2.17 bits per heavy atom. The number of hydrogen-bond acceptors (Lipinski definition) is 6. The van der Waals surface area contributed by atoms with Crippen LogP contribution in [0.1, 0.15) is 37.0 Å². The molecule has 214 valence electrons. The molecule has 0 aromatic heterocycles. The summed E-state index contributed by atoms with van der Waals surface area (Å²) in [6, 6.07) is 14.5. The number of hydrogen-bond donors (Lipinski definition) is 1. The number of carbonyl (C=O) groups is 3. The Morgan fingerprint density at radius 2 is 1.51 bits per heavy atom. The molecule has 1 N–H and O–H groups in total. The maximum Gasteiger partial charge on any atom is 0.331 e. The molecular formula is C30H27Cl3N2O6. The van der Waals surface area contributed by atoms with Crippen LogP contribution in [0.2, 0.25) is 15.1 Å². The zero-order chi connectivity index (χ0) is 29.5. The Hall–Kier alpha value is -3.72. The summed E-state index contributed by atoms with van der Waals surface area (Å²) < 4.78 is 17.2. The Bertz CT molecular complexity index is 1470. The highest BCUT2D eigenvalue weighted by Gasteiger charge is 2.36. The molecule has 3 aromatic carbocycles. The largest absolute Gasteiger partial charge is 0.490 e. The number of imide groups is 2. The normalized spacial score (nSPS) is 14.3. The molecule has 4 rings (SSSR count). The van der Waals surface area contributed by atoms with E-state index in [9.17, 15) is 14.4 Å². The van der Waals surface area contributed by atoms with Crippen molar-refractivity contribution in [2.45, 2.75) is 33.4 Å². The molecule has 1 heterocycles. The van der Waals surface area contributed by atoms with Crippen molar-refractivity contribution in [3.63, 3.8) is 0 Å². The zero-order valence-electron chi connectivity index (χ0n) is 22.3. The Morgan fingerprint density at radius 1 is 0.829 bits per heavy atom. The molecule has 0 saturated carbocycles. The highest BCUT2D eigenvalue weighted by Crippen LogP contribution is 2.36. The second kappa shape index (κ2) is 13.8. The number of carbonyl (C=O) groups excluding carboxylic acids is 3. The predicted molar refractivity (Wildman–Crippen MR) is 158 cm³/mol. The minimum atomic E-state index is -0.830. The fourth-order valence-electron chi connectivity index (χ4n) is 3.97. The number of rotatable bonds is 11. The maximum atomic E-state index is 13.3. The Labute approximate surface area is 252 Å². The molecule has 0 spiro atoms.